The summed E-state index contributed by atoms with van der Waals surface area (Å²) in [5.41, 5.74) is 2.55. The van der Waals surface area contributed by atoms with E-state index in [9.17, 15) is 0 Å². The van der Waals surface area contributed by atoms with E-state index in [1.807, 2.05) is 13.1 Å². The summed E-state index contributed by atoms with van der Waals surface area (Å²) in [5, 5.41) is 0. The molecule has 78 valence electrons. The van der Waals surface area contributed by atoms with E-state index in [0.29, 0.717) is 5.92 Å². The fourth-order valence-electron chi connectivity index (χ4n) is 1.50. The molecule has 0 amide bonds. The van der Waals surface area contributed by atoms with Crippen LogP contribution in [0.3, 0.4) is 0 Å². The zero-order valence-electron chi connectivity index (χ0n) is 10.0. The molecular weight excluding hydrogens is 172 g/mol. The molecule has 0 aliphatic rings. The highest BCUT2D eigenvalue weighted by atomic mass is 14.9. The Morgan fingerprint density at radius 2 is 1.79 bits per heavy atom. The molecule has 0 fully saturated rings. The highest BCUT2D eigenvalue weighted by Gasteiger charge is 2.21. The second-order valence-corrected chi connectivity index (χ2v) is 5.13. The molecule has 0 saturated heterocycles. The molecule has 0 unspecified atom stereocenters. The van der Waals surface area contributed by atoms with Gasteiger partial charge in [0.2, 0.25) is 0 Å². The van der Waals surface area contributed by atoms with Crippen LogP contribution >= 0.6 is 0 Å². The van der Waals surface area contributed by atoms with Crippen molar-refractivity contribution in [3.05, 3.63) is 23.3 Å². The third-order valence-electron chi connectivity index (χ3n) is 2.27. The van der Waals surface area contributed by atoms with Crippen molar-refractivity contribution in [2.45, 2.75) is 52.9 Å². The van der Waals surface area contributed by atoms with Gasteiger partial charge in [0.1, 0.15) is 5.82 Å². The molecule has 2 nitrogen and oxygen atoms in total. The summed E-state index contributed by atoms with van der Waals surface area (Å²) < 4.78 is 0. The summed E-state index contributed by atoms with van der Waals surface area (Å²) in [5.74, 6) is 1.35. The average Bonchev–Trinajstić information content (AvgIpc) is 2.01. The second-order valence-electron chi connectivity index (χ2n) is 5.13. The van der Waals surface area contributed by atoms with Crippen molar-refractivity contribution < 1.29 is 0 Å². The fraction of sp³-hybridized carbons (Fsp3) is 0.667. The molecule has 0 radical (unpaired) electrons. The molecular formula is C12H20N2. The van der Waals surface area contributed by atoms with Gasteiger partial charge in [0.25, 0.3) is 0 Å². The number of aryl methyl sites for hydroxylation is 1. The van der Waals surface area contributed by atoms with E-state index in [1.54, 1.807) is 0 Å². The van der Waals surface area contributed by atoms with Crippen LogP contribution in [0, 0.1) is 6.92 Å². The summed E-state index contributed by atoms with van der Waals surface area (Å²) in [6, 6.07) is 0. The monoisotopic (exact) mass is 192 g/mol. The number of hydrogen-bond donors (Lipinski definition) is 0. The van der Waals surface area contributed by atoms with Crippen LogP contribution in [0.4, 0.5) is 0 Å². The van der Waals surface area contributed by atoms with E-state index in [4.69, 9.17) is 0 Å². The van der Waals surface area contributed by atoms with E-state index in [-0.39, 0.29) is 5.41 Å². The number of aromatic nitrogens is 2. The van der Waals surface area contributed by atoms with Gasteiger partial charge in [0.15, 0.2) is 0 Å². The third kappa shape index (κ3) is 2.31. The molecule has 2 heteroatoms. The van der Waals surface area contributed by atoms with Crippen molar-refractivity contribution in [2.75, 3.05) is 0 Å². The molecule has 0 atom stereocenters. The first-order chi connectivity index (χ1) is 6.32. The first-order valence-corrected chi connectivity index (χ1v) is 5.16. The lowest BCUT2D eigenvalue weighted by molar-refractivity contribution is 0.549. The minimum atomic E-state index is 0.104. The predicted octanol–water partition coefficient (Wildman–Crippen LogP) is 3.21. The Kier molecular flexibility index (Phi) is 2.93. The van der Waals surface area contributed by atoms with Gasteiger partial charge in [-0.2, -0.15) is 0 Å². The summed E-state index contributed by atoms with van der Waals surface area (Å²) >= 11 is 0. The van der Waals surface area contributed by atoms with Crippen LogP contribution in [0.25, 0.3) is 0 Å². The molecule has 14 heavy (non-hydrogen) atoms. The van der Waals surface area contributed by atoms with Gasteiger partial charge in [-0.1, -0.05) is 34.6 Å². The van der Waals surface area contributed by atoms with Crippen molar-refractivity contribution in [2.24, 2.45) is 0 Å². The molecule has 0 bridgehead atoms. The summed E-state index contributed by atoms with van der Waals surface area (Å²) in [4.78, 5) is 8.82. The molecule has 0 aliphatic carbocycles. The number of rotatable bonds is 1. The van der Waals surface area contributed by atoms with Crippen LogP contribution in [0.1, 0.15) is 57.6 Å². The van der Waals surface area contributed by atoms with Gasteiger partial charge in [-0.15, -0.1) is 0 Å². The van der Waals surface area contributed by atoms with Crippen LogP contribution in [-0.2, 0) is 5.41 Å². The summed E-state index contributed by atoms with van der Waals surface area (Å²) in [6.45, 7) is 12.9. The summed E-state index contributed by atoms with van der Waals surface area (Å²) in [7, 11) is 0. The largest absolute Gasteiger partial charge is 0.241 e. The third-order valence-corrected chi connectivity index (χ3v) is 2.27. The Hall–Kier alpha value is -0.920. The van der Waals surface area contributed by atoms with E-state index in [2.05, 4.69) is 44.6 Å². The molecule has 1 aromatic rings. The van der Waals surface area contributed by atoms with Gasteiger partial charge in [-0.25, -0.2) is 9.97 Å². The van der Waals surface area contributed by atoms with Crippen molar-refractivity contribution in [3.63, 3.8) is 0 Å². The molecule has 1 aromatic heterocycles. The quantitative estimate of drug-likeness (QED) is 0.683. The highest BCUT2D eigenvalue weighted by molar-refractivity contribution is 5.26. The zero-order valence-corrected chi connectivity index (χ0v) is 10.0. The van der Waals surface area contributed by atoms with Crippen LogP contribution in [0.5, 0.6) is 0 Å². The van der Waals surface area contributed by atoms with Gasteiger partial charge in [-0.05, 0) is 18.4 Å². The molecule has 0 N–H and O–H groups in total. The van der Waals surface area contributed by atoms with Crippen molar-refractivity contribution in [1.29, 1.82) is 0 Å². The normalized spacial score (nSPS) is 12.2. The minimum absolute atomic E-state index is 0.104. The lowest BCUT2D eigenvalue weighted by atomic mass is 9.85. The maximum absolute atomic E-state index is 4.55. The first kappa shape index (κ1) is 11.2. The standard InChI is InChI=1S/C12H20N2/c1-8(2)10-7-13-9(3)14-11(10)12(4,5)6/h7-8H,1-6H3. The predicted molar refractivity (Wildman–Crippen MR) is 59.6 cm³/mol. The molecule has 0 aliphatic heterocycles. The Morgan fingerprint density at radius 3 is 2.21 bits per heavy atom. The van der Waals surface area contributed by atoms with Crippen molar-refractivity contribution in [3.8, 4) is 0 Å². The van der Waals surface area contributed by atoms with Gasteiger partial charge in [0.05, 0.1) is 5.69 Å². The Balaban J connectivity index is 3.30. The molecule has 1 heterocycles. The maximum atomic E-state index is 4.55. The minimum Gasteiger partial charge on any atom is -0.241 e. The maximum Gasteiger partial charge on any atom is 0.125 e. The SMILES string of the molecule is Cc1ncc(C(C)C)c(C(C)(C)C)n1. The molecule has 0 saturated carbocycles. The van der Waals surface area contributed by atoms with E-state index >= 15 is 0 Å². The fourth-order valence-corrected chi connectivity index (χ4v) is 1.50. The van der Waals surface area contributed by atoms with E-state index in [1.165, 1.54) is 11.3 Å². The lowest BCUT2D eigenvalue weighted by Crippen LogP contribution is -2.18. The van der Waals surface area contributed by atoms with E-state index < -0.39 is 0 Å². The van der Waals surface area contributed by atoms with Gasteiger partial charge < -0.3 is 0 Å². The Morgan fingerprint density at radius 1 is 1.21 bits per heavy atom. The number of hydrogen-bond acceptors (Lipinski definition) is 2. The zero-order chi connectivity index (χ0) is 10.9. The van der Waals surface area contributed by atoms with E-state index in [0.717, 1.165) is 5.82 Å². The van der Waals surface area contributed by atoms with Crippen LogP contribution in [0.15, 0.2) is 6.20 Å². The second kappa shape index (κ2) is 3.68. The van der Waals surface area contributed by atoms with Crippen molar-refractivity contribution >= 4 is 0 Å². The average molecular weight is 192 g/mol. The van der Waals surface area contributed by atoms with Crippen LogP contribution < -0.4 is 0 Å². The smallest absolute Gasteiger partial charge is 0.125 e. The molecule has 0 aromatic carbocycles. The first-order valence-electron chi connectivity index (χ1n) is 5.16. The number of nitrogens with zero attached hydrogens (tertiary/aromatic N) is 2. The van der Waals surface area contributed by atoms with Gasteiger partial charge in [-0.3, -0.25) is 0 Å². The topological polar surface area (TPSA) is 25.8 Å². The van der Waals surface area contributed by atoms with Crippen LogP contribution in [-0.4, -0.2) is 9.97 Å². The van der Waals surface area contributed by atoms with Gasteiger partial charge in [0, 0.05) is 11.6 Å². The molecule has 0 spiro atoms. The highest BCUT2D eigenvalue weighted by Crippen LogP contribution is 2.27. The summed E-state index contributed by atoms with van der Waals surface area (Å²) in [6.07, 6.45) is 1.97. The van der Waals surface area contributed by atoms with Crippen molar-refractivity contribution in [1.82, 2.24) is 9.97 Å². The Bertz CT molecular complexity index is 322. The Labute approximate surface area is 86.8 Å². The lowest BCUT2D eigenvalue weighted by Gasteiger charge is -2.23. The van der Waals surface area contributed by atoms with Crippen LogP contribution in [0.2, 0.25) is 0 Å². The van der Waals surface area contributed by atoms with Gasteiger partial charge >= 0.3 is 0 Å². The molecule has 1 rings (SSSR count).